The normalized spacial score (nSPS) is 11.6. The van der Waals surface area contributed by atoms with Crippen molar-refractivity contribution < 1.29 is 22.7 Å². The van der Waals surface area contributed by atoms with Crippen LogP contribution in [0.25, 0.3) is 17.3 Å². The highest BCUT2D eigenvalue weighted by Crippen LogP contribution is 2.33. The molecule has 0 fully saturated rings. The Morgan fingerprint density at radius 1 is 1.09 bits per heavy atom. The van der Waals surface area contributed by atoms with Crippen LogP contribution in [0.1, 0.15) is 17.0 Å². The predicted octanol–water partition coefficient (Wildman–Crippen LogP) is 3.84. The third-order valence-electron chi connectivity index (χ3n) is 5.13. The zero-order chi connectivity index (χ0) is 23.4. The van der Waals surface area contributed by atoms with Crippen LogP contribution in [-0.2, 0) is 28.6 Å². The average molecular weight is 488 g/mol. The number of aliphatic hydroxyl groups is 1. The third kappa shape index (κ3) is 5.11. The highest BCUT2D eigenvalue weighted by Gasteiger charge is 2.26. The summed E-state index contributed by atoms with van der Waals surface area (Å²) in [6, 6.07) is 15.7. The van der Waals surface area contributed by atoms with E-state index >= 15 is 0 Å². The van der Waals surface area contributed by atoms with Gasteiger partial charge in [-0.2, -0.15) is 0 Å². The molecule has 8 nitrogen and oxygen atoms in total. The van der Waals surface area contributed by atoms with Gasteiger partial charge in [0.25, 0.3) is 0 Å². The number of aromatic nitrogens is 3. The molecule has 4 aromatic rings. The Morgan fingerprint density at radius 2 is 1.88 bits per heavy atom. The fourth-order valence-corrected chi connectivity index (χ4v) is 4.91. The number of halogens is 1. The molecule has 2 aromatic heterocycles. The number of furan rings is 1. The summed E-state index contributed by atoms with van der Waals surface area (Å²) in [6.45, 7) is -0.287. The van der Waals surface area contributed by atoms with Gasteiger partial charge in [-0.05, 0) is 42.3 Å². The number of benzene rings is 2. The van der Waals surface area contributed by atoms with Crippen molar-refractivity contribution in [2.75, 3.05) is 12.9 Å². The molecule has 2 heterocycles. The number of para-hydroxylation sites is 1. The van der Waals surface area contributed by atoms with E-state index in [4.69, 9.17) is 20.8 Å². The number of aliphatic hydroxyl groups excluding tert-OH is 1. The van der Waals surface area contributed by atoms with Gasteiger partial charge in [-0.3, -0.25) is 4.57 Å². The molecule has 0 saturated heterocycles. The van der Waals surface area contributed by atoms with Crippen molar-refractivity contribution in [3.63, 3.8) is 0 Å². The minimum absolute atomic E-state index is 0.0731. The van der Waals surface area contributed by atoms with Crippen molar-refractivity contribution in [2.45, 2.75) is 18.8 Å². The summed E-state index contributed by atoms with van der Waals surface area (Å²) in [5.41, 5.74) is 1.86. The topological polar surface area (TPSA) is 107 Å². The van der Waals surface area contributed by atoms with E-state index in [1.165, 1.54) is 13.4 Å². The van der Waals surface area contributed by atoms with Gasteiger partial charge in [0.1, 0.15) is 11.5 Å². The highest BCUT2D eigenvalue weighted by molar-refractivity contribution is 7.90. The second-order valence-electron chi connectivity index (χ2n) is 7.35. The second kappa shape index (κ2) is 9.78. The molecule has 0 aliphatic carbocycles. The van der Waals surface area contributed by atoms with E-state index in [2.05, 4.69) is 10.2 Å². The maximum atomic E-state index is 13.0. The van der Waals surface area contributed by atoms with E-state index in [0.29, 0.717) is 40.0 Å². The summed E-state index contributed by atoms with van der Waals surface area (Å²) >= 11 is 5.91. The van der Waals surface area contributed by atoms with Crippen LogP contribution >= 0.6 is 11.6 Å². The molecule has 10 heteroatoms. The van der Waals surface area contributed by atoms with E-state index in [9.17, 15) is 13.5 Å². The molecule has 172 valence electrons. The van der Waals surface area contributed by atoms with Crippen LogP contribution in [0.5, 0.6) is 5.75 Å². The third-order valence-corrected chi connectivity index (χ3v) is 6.91. The Kier molecular flexibility index (Phi) is 6.83. The van der Waals surface area contributed by atoms with Gasteiger partial charge in [-0.1, -0.05) is 35.9 Å². The monoisotopic (exact) mass is 487 g/mol. The minimum Gasteiger partial charge on any atom is -0.495 e. The van der Waals surface area contributed by atoms with E-state index in [-0.39, 0.29) is 23.9 Å². The first-order valence-electron chi connectivity index (χ1n) is 10.1. The lowest BCUT2D eigenvalue weighted by Crippen LogP contribution is -2.16. The Balaban J connectivity index is 1.73. The second-order valence-corrected chi connectivity index (χ2v) is 9.97. The lowest BCUT2D eigenvalue weighted by Gasteiger charge is -2.17. The number of ether oxygens (including phenoxy) is 1. The number of rotatable bonds is 9. The lowest BCUT2D eigenvalue weighted by molar-refractivity contribution is 0.280. The Morgan fingerprint density at radius 3 is 2.55 bits per heavy atom. The number of nitrogens with zero attached hydrogens (tertiary/aromatic N) is 3. The Bertz CT molecular complexity index is 1310. The lowest BCUT2D eigenvalue weighted by atomic mass is 10.1. The molecule has 0 aliphatic heterocycles. The fraction of sp³-hybridized carbons (Fsp3) is 0.217. The maximum Gasteiger partial charge on any atom is 0.204 e. The summed E-state index contributed by atoms with van der Waals surface area (Å²) in [5, 5.41) is 18.9. The van der Waals surface area contributed by atoms with Crippen molar-refractivity contribution in [1.82, 2.24) is 14.8 Å². The van der Waals surface area contributed by atoms with Crippen molar-refractivity contribution in [3.05, 3.63) is 82.8 Å². The molecule has 0 spiro atoms. The molecule has 0 unspecified atom stereocenters. The molecule has 1 N–H and O–H groups in total. The standard InChI is InChI=1S/C23H22ClN3O5S/c1-31-19-5-2-4-17(14-28)22(19)27-21(25-26-23(27)20-6-3-12-32-20)15-33(29,30)13-11-16-7-9-18(24)10-8-16/h2-10,12,28H,11,13-15H2,1H3. The first-order valence-corrected chi connectivity index (χ1v) is 12.3. The summed E-state index contributed by atoms with van der Waals surface area (Å²) in [7, 11) is -2.06. The van der Waals surface area contributed by atoms with Gasteiger partial charge in [-0.15, -0.1) is 10.2 Å². The smallest absolute Gasteiger partial charge is 0.204 e. The Labute approximate surface area is 196 Å². The number of hydrogen-bond acceptors (Lipinski definition) is 7. The SMILES string of the molecule is COc1cccc(CO)c1-n1c(CS(=O)(=O)CCc2ccc(Cl)cc2)nnc1-c1ccco1. The molecule has 0 aliphatic rings. The molecular formula is C23H22ClN3O5S. The van der Waals surface area contributed by atoms with Crippen LogP contribution in [0, 0.1) is 0 Å². The minimum atomic E-state index is -3.56. The summed E-state index contributed by atoms with van der Waals surface area (Å²) in [4.78, 5) is 0. The zero-order valence-corrected chi connectivity index (χ0v) is 19.4. The van der Waals surface area contributed by atoms with Gasteiger partial charge in [0.05, 0.1) is 31.4 Å². The van der Waals surface area contributed by atoms with Gasteiger partial charge >= 0.3 is 0 Å². The first-order chi connectivity index (χ1) is 15.9. The van der Waals surface area contributed by atoms with Gasteiger partial charge in [0, 0.05) is 10.6 Å². The predicted molar refractivity (Wildman–Crippen MR) is 124 cm³/mol. The molecular weight excluding hydrogens is 466 g/mol. The van der Waals surface area contributed by atoms with E-state index < -0.39 is 9.84 Å². The largest absolute Gasteiger partial charge is 0.495 e. The maximum absolute atomic E-state index is 13.0. The van der Waals surface area contributed by atoms with E-state index in [0.717, 1.165) is 5.56 Å². The van der Waals surface area contributed by atoms with Crippen molar-refractivity contribution in [1.29, 1.82) is 0 Å². The highest BCUT2D eigenvalue weighted by atomic mass is 35.5. The van der Waals surface area contributed by atoms with Crippen molar-refractivity contribution in [2.24, 2.45) is 0 Å². The van der Waals surface area contributed by atoms with Gasteiger partial charge in [-0.25, -0.2) is 8.42 Å². The van der Waals surface area contributed by atoms with E-state index in [1.807, 2.05) is 0 Å². The van der Waals surface area contributed by atoms with Crippen LogP contribution in [0.15, 0.2) is 65.3 Å². The van der Waals surface area contributed by atoms with Crippen LogP contribution in [-0.4, -0.2) is 41.2 Å². The molecule has 4 rings (SSSR count). The molecule has 0 bridgehead atoms. The number of methoxy groups -OCH3 is 1. The van der Waals surface area contributed by atoms with Crippen LogP contribution in [0.3, 0.4) is 0 Å². The molecule has 33 heavy (non-hydrogen) atoms. The number of aryl methyl sites for hydroxylation is 1. The quantitative estimate of drug-likeness (QED) is 0.382. The van der Waals surface area contributed by atoms with Crippen molar-refractivity contribution in [3.8, 4) is 23.0 Å². The zero-order valence-electron chi connectivity index (χ0n) is 17.8. The van der Waals surface area contributed by atoms with Gasteiger partial charge in [0.15, 0.2) is 21.4 Å². The van der Waals surface area contributed by atoms with Crippen molar-refractivity contribution >= 4 is 21.4 Å². The molecule has 2 aromatic carbocycles. The summed E-state index contributed by atoms with van der Waals surface area (Å²) in [5.74, 6) is 0.919. The first kappa shape index (κ1) is 23.0. The number of hydrogen-bond donors (Lipinski definition) is 1. The van der Waals surface area contributed by atoms with Crippen LogP contribution in [0.4, 0.5) is 0 Å². The molecule has 0 atom stereocenters. The van der Waals surface area contributed by atoms with Gasteiger partial charge < -0.3 is 14.3 Å². The Hall–Kier alpha value is -3.14. The average Bonchev–Trinajstić information content (AvgIpc) is 3.48. The fourth-order valence-electron chi connectivity index (χ4n) is 3.52. The summed E-state index contributed by atoms with van der Waals surface area (Å²) < 4.78 is 38.6. The molecule has 0 amide bonds. The number of sulfone groups is 1. The van der Waals surface area contributed by atoms with E-state index in [1.54, 1.807) is 59.2 Å². The van der Waals surface area contributed by atoms with Crippen LogP contribution < -0.4 is 4.74 Å². The van der Waals surface area contributed by atoms with Gasteiger partial charge in [0.2, 0.25) is 5.82 Å². The molecule has 0 saturated carbocycles. The summed E-state index contributed by atoms with van der Waals surface area (Å²) in [6.07, 6.45) is 1.83. The van der Waals surface area contributed by atoms with Crippen LogP contribution in [0.2, 0.25) is 5.02 Å². The molecule has 0 radical (unpaired) electrons.